The Kier molecular flexibility index (Phi) is 6.68. The van der Waals surface area contributed by atoms with Crippen LogP contribution in [-0.4, -0.2) is 24.5 Å². The van der Waals surface area contributed by atoms with Crippen LogP contribution in [0.2, 0.25) is 0 Å². The summed E-state index contributed by atoms with van der Waals surface area (Å²) in [5.74, 6) is 0.588. The Morgan fingerprint density at radius 3 is 2.10 bits per heavy atom. The lowest BCUT2D eigenvalue weighted by atomic mass is 10.0. The number of hydrogen-bond acceptors (Lipinski definition) is 2. The monoisotopic (exact) mass is 302 g/mol. The van der Waals surface area contributed by atoms with E-state index in [0.717, 1.165) is 37.2 Å². The molecule has 0 aromatic heterocycles. The van der Waals surface area contributed by atoms with Gasteiger partial charge < -0.3 is 10.6 Å². The first kappa shape index (κ1) is 18.0. The predicted octanol–water partition coefficient (Wildman–Crippen LogP) is 4.07. The van der Waals surface area contributed by atoms with Crippen LogP contribution in [0.25, 0.3) is 0 Å². The molecule has 0 saturated heterocycles. The summed E-state index contributed by atoms with van der Waals surface area (Å²) >= 11 is 0. The van der Waals surface area contributed by atoms with Crippen molar-refractivity contribution < 1.29 is 13.2 Å². The SMILES string of the molecule is CCC(C)CN(CC)CC(N)c1ccc(C(F)(F)F)cc1. The lowest BCUT2D eigenvalue weighted by Gasteiger charge is -2.27. The van der Waals surface area contributed by atoms with Gasteiger partial charge in [0.15, 0.2) is 0 Å². The van der Waals surface area contributed by atoms with Gasteiger partial charge in [0.25, 0.3) is 0 Å². The van der Waals surface area contributed by atoms with Gasteiger partial charge in [0.05, 0.1) is 5.56 Å². The number of hydrogen-bond donors (Lipinski definition) is 1. The van der Waals surface area contributed by atoms with Gasteiger partial charge in [-0.3, -0.25) is 0 Å². The molecule has 1 aromatic carbocycles. The smallest absolute Gasteiger partial charge is 0.323 e. The maximum Gasteiger partial charge on any atom is 0.416 e. The molecule has 2 atom stereocenters. The molecule has 0 radical (unpaired) electrons. The first-order chi connectivity index (χ1) is 9.77. The maximum absolute atomic E-state index is 12.5. The topological polar surface area (TPSA) is 29.3 Å². The molecule has 0 aliphatic rings. The highest BCUT2D eigenvalue weighted by atomic mass is 19.4. The second-order valence-corrected chi connectivity index (χ2v) is 5.59. The van der Waals surface area contributed by atoms with Gasteiger partial charge in [-0.25, -0.2) is 0 Å². The van der Waals surface area contributed by atoms with E-state index < -0.39 is 11.7 Å². The number of nitrogens with two attached hydrogens (primary N) is 1. The Bertz CT molecular complexity index is 415. The van der Waals surface area contributed by atoms with Crippen LogP contribution in [0.4, 0.5) is 13.2 Å². The van der Waals surface area contributed by atoms with Gasteiger partial charge in [-0.05, 0) is 30.2 Å². The Morgan fingerprint density at radius 2 is 1.67 bits per heavy atom. The Hall–Kier alpha value is -1.07. The van der Waals surface area contributed by atoms with E-state index in [1.165, 1.54) is 12.1 Å². The minimum absolute atomic E-state index is 0.267. The normalized spacial score (nSPS) is 15.2. The fourth-order valence-corrected chi connectivity index (χ4v) is 2.21. The molecular weight excluding hydrogens is 277 g/mol. The molecular formula is C16H25F3N2. The molecule has 5 heteroatoms. The minimum Gasteiger partial charge on any atom is -0.323 e. The number of halogens is 3. The van der Waals surface area contributed by atoms with E-state index in [4.69, 9.17) is 5.73 Å². The zero-order valence-electron chi connectivity index (χ0n) is 13.0. The summed E-state index contributed by atoms with van der Waals surface area (Å²) in [6.45, 7) is 8.91. The zero-order valence-corrected chi connectivity index (χ0v) is 13.0. The van der Waals surface area contributed by atoms with Gasteiger partial charge in [0, 0.05) is 19.1 Å². The van der Waals surface area contributed by atoms with Crippen molar-refractivity contribution in [3.63, 3.8) is 0 Å². The van der Waals surface area contributed by atoms with Gasteiger partial charge in [-0.1, -0.05) is 39.3 Å². The van der Waals surface area contributed by atoms with E-state index in [2.05, 4.69) is 25.7 Å². The summed E-state index contributed by atoms with van der Waals surface area (Å²) in [6.07, 6.45) is -3.19. The molecule has 0 bridgehead atoms. The maximum atomic E-state index is 12.5. The highest BCUT2D eigenvalue weighted by Gasteiger charge is 2.30. The molecule has 1 rings (SSSR count). The molecule has 0 heterocycles. The van der Waals surface area contributed by atoms with E-state index in [9.17, 15) is 13.2 Å². The summed E-state index contributed by atoms with van der Waals surface area (Å²) in [7, 11) is 0. The van der Waals surface area contributed by atoms with Crippen LogP contribution >= 0.6 is 0 Å². The largest absolute Gasteiger partial charge is 0.416 e. The van der Waals surface area contributed by atoms with E-state index in [0.29, 0.717) is 12.5 Å². The number of rotatable bonds is 7. The Balaban J connectivity index is 2.68. The third-order valence-electron chi connectivity index (χ3n) is 3.84. The van der Waals surface area contributed by atoms with Crippen LogP contribution in [0.3, 0.4) is 0 Å². The van der Waals surface area contributed by atoms with Crippen LogP contribution in [0.15, 0.2) is 24.3 Å². The summed E-state index contributed by atoms with van der Waals surface area (Å²) in [5, 5.41) is 0. The van der Waals surface area contributed by atoms with Crippen LogP contribution < -0.4 is 5.73 Å². The van der Waals surface area contributed by atoms with E-state index >= 15 is 0 Å². The average Bonchev–Trinajstić information content (AvgIpc) is 2.45. The fraction of sp³-hybridized carbons (Fsp3) is 0.625. The van der Waals surface area contributed by atoms with Crippen molar-refractivity contribution in [1.82, 2.24) is 4.90 Å². The first-order valence-corrected chi connectivity index (χ1v) is 7.43. The molecule has 0 aliphatic heterocycles. The molecule has 120 valence electrons. The predicted molar refractivity (Wildman–Crippen MR) is 79.9 cm³/mol. The van der Waals surface area contributed by atoms with Crippen molar-refractivity contribution >= 4 is 0 Å². The molecule has 21 heavy (non-hydrogen) atoms. The van der Waals surface area contributed by atoms with Crippen molar-refractivity contribution in [1.29, 1.82) is 0 Å². The lowest BCUT2D eigenvalue weighted by Crippen LogP contribution is -2.35. The molecule has 0 fully saturated rings. The van der Waals surface area contributed by atoms with Crippen LogP contribution in [0, 0.1) is 5.92 Å². The molecule has 2 unspecified atom stereocenters. The molecule has 1 aromatic rings. The molecule has 2 nitrogen and oxygen atoms in total. The third kappa shape index (κ3) is 5.67. The highest BCUT2D eigenvalue weighted by Crippen LogP contribution is 2.29. The fourth-order valence-electron chi connectivity index (χ4n) is 2.21. The quantitative estimate of drug-likeness (QED) is 0.822. The van der Waals surface area contributed by atoms with E-state index in [-0.39, 0.29) is 6.04 Å². The second kappa shape index (κ2) is 7.80. The van der Waals surface area contributed by atoms with Crippen molar-refractivity contribution in [2.75, 3.05) is 19.6 Å². The summed E-state index contributed by atoms with van der Waals surface area (Å²) < 4.78 is 37.6. The minimum atomic E-state index is -4.30. The molecule has 0 aliphatic carbocycles. The standard InChI is InChI=1S/C16H25F3N2/c1-4-12(3)10-21(5-2)11-15(20)13-6-8-14(9-7-13)16(17,18)19/h6-9,12,15H,4-5,10-11,20H2,1-3H3. The molecule has 0 amide bonds. The summed E-state index contributed by atoms with van der Waals surface area (Å²) in [5.41, 5.74) is 6.23. The van der Waals surface area contributed by atoms with Gasteiger partial charge >= 0.3 is 6.18 Å². The average molecular weight is 302 g/mol. The van der Waals surface area contributed by atoms with Gasteiger partial charge in [0.1, 0.15) is 0 Å². The van der Waals surface area contributed by atoms with Gasteiger partial charge in [0.2, 0.25) is 0 Å². The first-order valence-electron chi connectivity index (χ1n) is 7.43. The summed E-state index contributed by atoms with van der Waals surface area (Å²) in [6, 6.07) is 4.88. The highest BCUT2D eigenvalue weighted by molar-refractivity contribution is 5.26. The summed E-state index contributed by atoms with van der Waals surface area (Å²) in [4.78, 5) is 2.25. The molecule has 2 N–H and O–H groups in total. The Labute approximate surface area is 125 Å². The van der Waals surface area contributed by atoms with E-state index in [1.807, 2.05) is 0 Å². The van der Waals surface area contributed by atoms with Crippen molar-refractivity contribution in [2.45, 2.75) is 39.4 Å². The van der Waals surface area contributed by atoms with Gasteiger partial charge in [-0.2, -0.15) is 13.2 Å². The van der Waals surface area contributed by atoms with Crippen LogP contribution in [0.1, 0.15) is 44.4 Å². The second-order valence-electron chi connectivity index (χ2n) is 5.59. The van der Waals surface area contributed by atoms with Crippen LogP contribution in [-0.2, 0) is 6.18 Å². The number of benzene rings is 1. The Morgan fingerprint density at radius 1 is 1.10 bits per heavy atom. The number of alkyl halides is 3. The van der Waals surface area contributed by atoms with Crippen molar-refractivity contribution in [2.24, 2.45) is 11.7 Å². The zero-order chi connectivity index (χ0) is 16.0. The number of nitrogens with zero attached hydrogens (tertiary/aromatic N) is 1. The van der Waals surface area contributed by atoms with Crippen LogP contribution in [0.5, 0.6) is 0 Å². The van der Waals surface area contributed by atoms with Crippen molar-refractivity contribution in [3.05, 3.63) is 35.4 Å². The molecule has 0 spiro atoms. The van der Waals surface area contributed by atoms with Gasteiger partial charge in [-0.15, -0.1) is 0 Å². The molecule has 0 saturated carbocycles. The number of likely N-dealkylation sites (N-methyl/N-ethyl adjacent to an activating group) is 1. The van der Waals surface area contributed by atoms with E-state index in [1.54, 1.807) is 0 Å². The third-order valence-corrected chi connectivity index (χ3v) is 3.84. The van der Waals surface area contributed by atoms with Crippen molar-refractivity contribution in [3.8, 4) is 0 Å². The lowest BCUT2D eigenvalue weighted by molar-refractivity contribution is -0.137.